The van der Waals surface area contributed by atoms with Gasteiger partial charge in [-0.15, -0.1) is 0 Å². The maximum absolute atomic E-state index is 8.82. The molecule has 90 valence electrons. The first kappa shape index (κ1) is 12.4. The second-order valence-electron chi connectivity index (χ2n) is 4.29. The zero-order chi connectivity index (χ0) is 12.3. The van der Waals surface area contributed by atoms with E-state index in [4.69, 9.17) is 10.00 Å². The lowest BCUT2D eigenvalue weighted by Gasteiger charge is -2.23. The number of likely N-dealkylation sites (N-methyl/N-ethyl adjacent to an activating group) is 1. The molecule has 0 spiro atoms. The molecule has 0 bridgehead atoms. The van der Waals surface area contributed by atoms with Gasteiger partial charge in [-0.3, -0.25) is 0 Å². The highest BCUT2D eigenvalue weighted by Crippen LogP contribution is 2.27. The summed E-state index contributed by atoms with van der Waals surface area (Å²) in [6.45, 7) is 1.78. The third-order valence-corrected chi connectivity index (χ3v) is 3.62. The molecule has 0 N–H and O–H groups in total. The van der Waals surface area contributed by atoms with E-state index in [1.807, 2.05) is 25.2 Å². The molecule has 0 aromatic heterocycles. The summed E-state index contributed by atoms with van der Waals surface area (Å²) in [7, 11) is 2.05. The largest absolute Gasteiger partial charge is 0.376 e. The number of nitrogens with zero attached hydrogens (tertiary/aromatic N) is 2. The minimum atomic E-state index is 0.336. The van der Waals surface area contributed by atoms with Crippen LogP contribution in [-0.4, -0.2) is 26.3 Å². The molecular formula is C13H15BrN2O. The Balaban J connectivity index is 2.08. The summed E-state index contributed by atoms with van der Waals surface area (Å²) in [5.74, 6) is 0. The van der Waals surface area contributed by atoms with Crippen molar-refractivity contribution in [3.8, 4) is 6.07 Å². The summed E-state index contributed by atoms with van der Waals surface area (Å²) in [5, 5.41) is 8.82. The van der Waals surface area contributed by atoms with Crippen molar-refractivity contribution in [3.63, 3.8) is 0 Å². The average molecular weight is 295 g/mol. The zero-order valence-corrected chi connectivity index (χ0v) is 11.4. The lowest BCUT2D eigenvalue weighted by atomic mass is 10.2. The Hall–Kier alpha value is -1.05. The van der Waals surface area contributed by atoms with Gasteiger partial charge in [0.1, 0.15) is 0 Å². The summed E-state index contributed by atoms with van der Waals surface area (Å²) >= 11 is 3.50. The van der Waals surface area contributed by atoms with E-state index >= 15 is 0 Å². The molecule has 0 aliphatic carbocycles. The average Bonchev–Trinajstić information content (AvgIpc) is 2.81. The molecule has 0 saturated carbocycles. The van der Waals surface area contributed by atoms with Gasteiger partial charge < -0.3 is 9.64 Å². The molecule has 1 aromatic carbocycles. The van der Waals surface area contributed by atoms with Crippen LogP contribution in [-0.2, 0) is 4.74 Å². The molecule has 1 aromatic rings. The van der Waals surface area contributed by atoms with E-state index in [9.17, 15) is 0 Å². The Morgan fingerprint density at radius 1 is 1.59 bits per heavy atom. The molecule has 1 unspecified atom stereocenters. The highest BCUT2D eigenvalue weighted by atomic mass is 79.9. The smallest absolute Gasteiger partial charge is 0.0992 e. The van der Waals surface area contributed by atoms with Crippen molar-refractivity contribution in [1.29, 1.82) is 5.26 Å². The maximum atomic E-state index is 8.82. The van der Waals surface area contributed by atoms with Gasteiger partial charge in [0.05, 0.1) is 23.4 Å². The normalized spacial score (nSPS) is 19.0. The molecule has 1 atom stereocenters. The van der Waals surface area contributed by atoms with E-state index in [1.165, 1.54) is 0 Å². The van der Waals surface area contributed by atoms with E-state index in [-0.39, 0.29) is 0 Å². The molecule has 3 nitrogen and oxygen atoms in total. The second-order valence-corrected chi connectivity index (χ2v) is 5.15. The van der Waals surface area contributed by atoms with Crippen LogP contribution < -0.4 is 4.90 Å². The molecule has 17 heavy (non-hydrogen) atoms. The number of ether oxygens (including phenoxy) is 1. The number of rotatable bonds is 3. The molecule has 0 radical (unpaired) electrons. The zero-order valence-electron chi connectivity index (χ0n) is 9.82. The molecule has 1 aliphatic rings. The molecular weight excluding hydrogens is 280 g/mol. The van der Waals surface area contributed by atoms with Gasteiger partial charge in [0.15, 0.2) is 0 Å². The fourth-order valence-corrected chi connectivity index (χ4v) is 2.76. The third-order valence-electron chi connectivity index (χ3n) is 2.99. The highest BCUT2D eigenvalue weighted by molar-refractivity contribution is 9.10. The van der Waals surface area contributed by atoms with Crippen LogP contribution >= 0.6 is 15.9 Å². The Morgan fingerprint density at radius 2 is 2.41 bits per heavy atom. The van der Waals surface area contributed by atoms with Crippen LogP contribution in [0.15, 0.2) is 22.7 Å². The Labute approximate surface area is 110 Å². The maximum Gasteiger partial charge on any atom is 0.0992 e. The number of nitriles is 1. The SMILES string of the molecule is CN(CC1CCCO1)c1ccc(C#N)cc1Br. The van der Waals surface area contributed by atoms with Crippen molar-refractivity contribution in [3.05, 3.63) is 28.2 Å². The van der Waals surface area contributed by atoms with Crippen molar-refractivity contribution in [2.24, 2.45) is 0 Å². The van der Waals surface area contributed by atoms with Gasteiger partial charge in [-0.1, -0.05) is 0 Å². The monoisotopic (exact) mass is 294 g/mol. The van der Waals surface area contributed by atoms with Gasteiger partial charge >= 0.3 is 0 Å². The van der Waals surface area contributed by atoms with Gasteiger partial charge in [-0.25, -0.2) is 0 Å². The fraction of sp³-hybridized carbons (Fsp3) is 0.462. The van der Waals surface area contributed by atoms with Crippen LogP contribution in [0.5, 0.6) is 0 Å². The Morgan fingerprint density at radius 3 is 3.00 bits per heavy atom. The summed E-state index contributed by atoms with van der Waals surface area (Å²) in [5.41, 5.74) is 1.77. The number of hydrogen-bond donors (Lipinski definition) is 0. The lowest BCUT2D eigenvalue weighted by Crippen LogP contribution is -2.28. The third kappa shape index (κ3) is 2.99. The molecule has 1 aliphatic heterocycles. The van der Waals surface area contributed by atoms with Gasteiger partial charge in [-0.05, 0) is 47.0 Å². The van der Waals surface area contributed by atoms with Crippen molar-refractivity contribution >= 4 is 21.6 Å². The van der Waals surface area contributed by atoms with Crippen molar-refractivity contribution < 1.29 is 4.74 Å². The molecule has 1 heterocycles. The number of halogens is 1. The van der Waals surface area contributed by atoms with E-state index in [0.717, 1.165) is 36.2 Å². The van der Waals surface area contributed by atoms with E-state index in [1.54, 1.807) is 0 Å². The quantitative estimate of drug-likeness (QED) is 0.860. The number of benzene rings is 1. The van der Waals surface area contributed by atoms with Crippen LogP contribution in [0.4, 0.5) is 5.69 Å². The summed E-state index contributed by atoms with van der Waals surface area (Å²) < 4.78 is 6.58. The van der Waals surface area contributed by atoms with Crippen molar-refractivity contribution in [2.45, 2.75) is 18.9 Å². The summed E-state index contributed by atoms with van der Waals surface area (Å²) in [6.07, 6.45) is 2.63. The van der Waals surface area contributed by atoms with Gasteiger partial charge in [0.2, 0.25) is 0 Å². The van der Waals surface area contributed by atoms with Crippen LogP contribution in [0, 0.1) is 11.3 Å². The predicted octanol–water partition coefficient (Wildman–Crippen LogP) is 2.94. The lowest BCUT2D eigenvalue weighted by molar-refractivity contribution is 0.116. The van der Waals surface area contributed by atoms with Gasteiger partial charge in [-0.2, -0.15) is 5.26 Å². The molecule has 4 heteroatoms. The second kappa shape index (κ2) is 5.52. The first-order valence-electron chi connectivity index (χ1n) is 5.73. The minimum absolute atomic E-state index is 0.336. The van der Waals surface area contributed by atoms with E-state index < -0.39 is 0 Å². The fourth-order valence-electron chi connectivity index (χ4n) is 2.08. The van der Waals surface area contributed by atoms with Crippen LogP contribution in [0.25, 0.3) is 0 Å². The Kier molecular flexibility index (Phi) is 4.03. The van der Waals surface area contributed by atoms with Crippen LogP contribution in [0.1, 0.15) is 18.4 Å². The minimum Gasteiger partial charge on any atom is -0.376 e. The predicted molar refractivity (Wildman–Crippen MR) is 71.1 cm³/mol. The van der Waals surface area contributed by atoms with E-state index in [2.05, 4.69) is 26.9 Å². The van der Waals surface area contributed by atoms with Gasteiger partial charge in [0, 0.05) is 24.7 Å². The first-order valence-corrected chi connectivity index (χ1v) is 6.52. The van der Waals surface area contributed by atoms with Gasteiger partial charge in [0.25, 0.3) is 0 Å². The number of hydrogen-bond acceptors (Lipinski definition) is 3. The molecule has 1 fully saturated rings. The molecule has 0 amide bonds. The van der Waals surface area contributed by atoms with Crippen LogP contribution in [0.3, 0.4) is 0 Å². The standard InChI is InChI=1S/C13H15BrN2O/c1-16(9-11-3-2-6-17-11)13-5-4-10(8-15)7-12(13)14/h4-5,7,11H,2-3,6,9H2,1H3. The Bertz CT molecular complexity index is 436. The topological polar surface area (TPSA) is 36.3 Å². The van der Waals surface area contributed by atoms with Crippen LogP contribution in [0.2, 0.25) is 0 Å². The summed E-state index contributed by atoms with van der Waals surface area (Å²) in [4.78, 5) is 2.17. The van der Waals surface area contributed by atoms with Crippen molar-refractivity contribution in [2.75, 3.05) is 25.1 Å². The molecule has 1 saturated heterocycles. The van der Waals surface area contributed by atoms with Crippen molar-refractivity contribution in [1.82, 2.24) is 0 Å². The molecule has 2 rings (SSSR count). The first-order chi connectivity index (χ1) is 8.20. The number of anilines is 1. The summed E-state index contributed by atoms with van der Waals surface area (Å²) in [6, 6.07) is 7.79. The highest BCUT2D eigenvalue weighted by Gasteiger charge is 2.18. The van der Waals surface area contributed by atoms with E-state index in [0.29, 0.717) is 11.7 Å².